The van der Waals surface area contributed by atoms with Crippen LogP contribution in [0.15, 0.2) is 23.2 Å². The first-order valence-electron chi connectivity index (χ1n) is 6.36. The summed E-state index contributed by atoms with van der Waals surface area (Å²) in [5, 5.41) is 8.99. The molecule has 0 N–H and O–H groups in total. The molecule has 1 aromatic rings. The number of Topliss-reactive ketones (excluding diaryl/α,β-unsaturated/α-hetero) is 1. The lowest BCUT2D eigenvalue weighted by Crippen LogP contribution is -2.47. The van der Waals surface area contributed by atoms with Crippen molar-refractivity contribution in [2.24, 2.45) is 0 Å². The third-order valence-electron chi connectivity index (χ3n) is 3.39. The maximum absolute atomic E-state index is 12.7. The molecular formula is C13H15N3O3S. The van der Waals surface area contributed by atoms with E-state index >= 15 is 0 Å². The van der Waals surface area contributed by atoms with E-state index in [1.807, 2.05) is 0 Å². The number of sulfonamides is 1. The van der Waals surface area contributed by atoms with E-state index in [1.165, 1.54) is 29.6 Å². The number of hydrogen-bond acceptors (Lipinski definition) is 5. The summed E-state index contributed by atoms with van der Waals surface area (Å²) in [4.78, 5) is 15.3. The summed E-state index contributed by atoms with van der Waals surface area (Å²) in [6.07, 6.45) is 3.44. The van der Waals surface area contributed by atoms with Crippen LogP contribution in [0.2, 0.25) is 0 Å². The van der Waals surface area contributed by atoms with Gasteiger partial charge in [0.25, 0.3) is 0 Å². The Morgan fingerprint density at radius 1 is 1.50 bits per heavy atom. The number of carbonyl (C=O) groups excluding carboxylic acids is 1. The van der Waals surface area contributed by atoms with Gasteiger partial charge in [0.2, 0.25) is 10.0 Å². The molecule has 0 saturated carbocycles. The molecule has 20 heavy (non-hydrogen) atoms. The Balaban J connectivity index is 2.48. The van der Waals surface area contributed by atoms with Crippen LogP contribution in [-0.4, -0.2) is 36.1 Å². The minimum Gasteiger partial charge on any atom is -0.298 e. The zero-order chi connectivity index (χ0) is 14.8. The van der Waals surface area contributed by atoms with Crippen LogP contribution in [0.1, 0.15) is 31.9 Å². The molecule has 6 nitrogen and oxygen atoms in total. The molecule has 0 spiro atoms. The molecule has 1 aliphatic heterocycles. The summed E-state index contributed by atoms with van der Waals surface area (Å²) < 4.78 is 26.5. The van der Waals surface area contributed by atoms with Gasteiger partial charge in [-0.2, -0.15) is 9.57 Å². The largest absolute Gasteiger partial charge is 0.298 e. The van der Waals surface area contributed by atoms with Crippen LogP contribution in [0, 0.1) is 11.3 Å². The second kappa shape index (κ2) is 5.69. The normalized spacial score (nSPS) is 20.3. The molecule has 1 atom stereocenters. The van der Waals surface area contributed by atoms with E-state index in [0.29, 0.717) is 19.4 Å². The minimum absolute atomic E-state index is 0.129. The smallest absolute Gasteiger partial charge is 0.246 e. The Kier molecular flexibility index (Phi) is 4.16. The van der Waals surface area contributed by atoms with Gasteiger partial charge < -0.3 is 0 Å². The fraction of sp³-hybridized carbons (Fsp3) is 0.462. The molecule has 106 valence electrons. The number of piperidine rings is 1. The number of carbonyl (C=O) groups is 1. The SMILES string of the molecule is CC(=O)C1CCCCN1S(=O)(=O)c1cccnc1C#N. The van der Waals surface area contributed by atoms with Crippen molar-refractivity contribution in [2.75, 3.05) is 6.54 Å². The van der Waals surface area contributed by atoms with Crippen LogP contribution in [-0.2, 0) is 14.8 Å². The quantitative estimate of drug-likeness (QED) is 0.831. The van der Waals surface area contributed by atoms with Crippen LogP contribution in [0.25, 0.3) is 0 Å². The molecule has 2 rings (SSSR count). The third-order valence-corrected chi connectivity index (χ3v) is 5.33. The molecule has 1 unspecified atom stereocenters. The number of pyridine rings is 1. The van der Waals surface area contributed by atoms with Crippen molar-refractivity contribution < 1.29 is 13.2 Å². The van der Waals surface area contributed by atoms with Gasteiger partial charge >= 0.3 is 0 Å². The highest BCUT2D eigenvalue weighted by Crippen LogP contribution is 2.26. The van der Waals surface area contributed by atoms with E-state index in [9.17, 15) is 13.2 Å². The maximum Gasteiger partial charge on any atom is 0.246 e. The van der Waals surface area contributed by atoms with Gasteiger partial charge in [0.1, 0.15) is 16.7 Å². The van der Waals surface area contributed by atoms with E-state index in [1.54, 1.807) is 6.07 Å². The molecule has 0 bridgehead atoms. The van der Waals surface area contributed by atoms with Gasteiger partial charge in [-0.25, -0.2) is 13.4 Å². The summed E-state index contributed by atoms with van der Waals surface area (Å²) >= 11 is 0. The van der Waals surface area contributed by atoms with E-state index in [2.05, 4.69) is 4.98 Å². The number of nitrogens with zero attached hydrogens (tertiary/aromatic N) is 3. The number of aromatic nitrogens is 1. The van der Waals surface area contributed by atoms with E-state index < -0.39 is 16.1 Å². The molecule has 0 aromatic carbocycles. The number of nitriles is 1. The molecule has 0 aliphatic carbocycles. The number of rotatable bonds is 3. The summed E-state index contributed by atoms with van der Waals surface area (Å²) in [7, 11) is -3.87. The van der Waals surface area contributed by atoms with Crippen LogP contribution in [0.4, 0.5) is 0 Å². The minimum atomic E-state index is -3.87. The van der Waals surface area contributed by atoms with E-state index in [4.69, 9.17) is 5.26 Å². The van der Waals surface area contributed by atoms with Gasteiger partial charge in [0, 0.05) is 12.7 Å². The molecule has 0 radical (unpaired) electrons. The van der Waals surface area contributed by atoms with Crippen molar-refractivity contribution in [3.8, 4) is 6.07 Å². The van der Waals surface area contributed by atoms with Gasteiger partial charge in [-0.1, -0.05) is 6.42 Å². The Morgan fingerprint density at radius 2 is 2.25 bits per heavy atom. The highest BCUT2D eigenvalue weighted by atomic mass is 32.2. The van der Waals surface area contributed by atoms with Crippen LogP contribution >= 0.6 is 0 Å². The summed E-state index contributed by atoms with van der Waals surface area (Å²) in [6, 6.07) is 3.97. The first-order valence-corrected chi connectivity index (χ1v) is 7.80. The molecule has 1 saturated heterocycles. The Morgan fingerprint density at radius 3 is 2.90 bits per heavy atom. The zero-order valence-electron chi connectivity index (χ0n) is 11.1. The number of hydrogen-bond donors (Lipinski definition) is 0. The Labute approximate surface area is 118 Å². The molecule has 1 fully saturated rings. The lowest BCUT2D eigenvalue weighted by Gasteiger charge is -2.33. The van der Waals surface area contributed by atoms with E-state index in [0.717, 1.165) is 6.42 Å². The highest BCUT2D eigenvalue weighted by Gasteiger charge is 2.37. The monoisotopic (exact) mass is 293 g/mol. The second-order valence-electron chi connectivity index (χ2n) is 4.70. The van der Waals surface area contributed by atoms with Crippen molar-refractivity contribution in [2.45, 2.75) is 37.1 Å². The lowest BCUT2D eigenvalue weighted by molar-refractivity contribution is -0.121. The topological polar surface area (TPSA) is 91.1 Å². The van der Waals surface area contributed by atoms with Gasteiger partial charge in [-0.3, -0.25) is 4.79 Å². The van der Waals surface area contributed by atoms with E-state index in [-0.39, 0.29) is 16.4 Å². The van der Waals surface area contributed by atoms with Gasteiger partial charge in [0.15, 0.2) is 5.69 Å². The van der Waals surface area contributed by atoms with Crippen LogP contribution < -0.4 is 0 Å². The molecule has 0 amide bonds. The average molecular weight is 293 g/mol. The first-order chi connectivity index (χ1) is 9.48. The van der Waals surface area contributed by atoms with Crippen molar-refractivity contribution in [3.05, 3.63) is 24.0 Å². The molecule has 7 heteroatoms. The predicted molar refractivity (Wildman–Crippen MR) is 71.2 cm³/mol. The number of ketones is 1. The van der Waals surface area contributed by atoms with Gasteiger partial charge in [-0.05, 0) is 31.9 Å². The van der Waals surface area contributed by atoms with Crippen molar-refractivity contribution in [3.63, 3.8) is 0 Å². The van der Waals surface area contributed by atoms with Crippen LogP contribution in [0.5, 0.6) is 0 Å². The summed E-state index contributed by atoms with van der Waals surface area (Å²) in [5.74, 6) is -0.171. The fourth-order valence-corrected chi connectivity index (χ4v) is 4.21. The predicted octanol–water partition coefficient (Wildman–Crippen LogP) is 1.09. The van der Waals surface area contributed by atoms with Crippen LogP contribution in [0.3, 0.4) is 0 Å². The zero-order valence-corrected chi connectivity index (χ0v) is 11.9. The third kappa shape index (κ3) is 2.57. The average Bonchev–Trinajstić information content (AvgIpc) is 2.47. The lowest BCUT2D eigenvalue weighted by atomic mass is 10.0. The second-order valence-corrected chi connectivity index (χ2v) is 6.56. The molecular weight excluding hydrogens is 278 g/mol. The van der Waals surface area contributed by atoms with Crippen molar-refractivity contribution in [1.29, 1.82) is 5.26 Å². The van der Waals surface area contributed by atoms with Crippen molar-refractivity contribution >= 4 is 15.8 Å². The first kappa shape index (κ1) is 14.6. The summed E-state index contributed by atoms with van der Waals surface area (Å²) in [5.41, 5.74) is -0.139. The van der Waals surface area contributed by atoms with Gasteiger partial charge in [0.05, 0.1) is 6.04 Å². The van der Waals surface area contributed by atoms with Crippen molar-refractivity contribution in [1.82, 2.24) is 9.29 Å². The highest BCUT2D eigenvalue weighted by molar-refractivity contribution is 7.89. The Hall–Kier alpha value is -1.78. The maximum atomic E-state index is 12.7. The molecule has 1 aliphatic rings. The Bertz CT molecular complexity index is 664. The summed E-state index contributed by atoms with van der Waals surface area (Å²) in [6.45, 7) is 1.69. The molecule has 1 aromatic heterocycles. The van der Waals surface area contributed by atoms with Gasteiger partial charge in [-0.15, -0.1) is 0 Å². The fourth-order valence-electron chi connectivity index (χ4n) is 2.41. The standard InChI is InChI=1S/C13H15N3O3S/c1-10(17)12-5-2-3-8-16(12)20(18,19)13-6-4-7-15-11(13)9-14/h4,6-7,12H,2-3,5,8H2,1H3. The molecule has 2 heterocycles.